The third-order valence-electron chi connectivity index (χ3n) is 37.7. The zero-order chi connectivity index (χ0) is 66.0. The van der Waals surface area contributed by atoms with Gasteiger partial charge in [-0.3, -0.25) is 14.4 Å². The van der Waals surface area contributed by atoms with Crippen LogP contribution in [0.1, 0.15) is 312 Å². The van der Waals surface area contributed by atoms with Crippen LogP contribution in [0.2, 0.25) is 0 Å². The maximum Gasteiger partial charge on any atom is 0.174 e. The lowest BCUT2D eigenvalue weighted by molar-refractivity contribution is -0.260. The molecular formula is C85H134O10. The molecule has 0 radical (unpaired) electrons. The molecule has 27 atom stereocenters. The average molecular weight is 1320 g/mol. The minimum Gasteiger partial charge on any atom is -0.393 e. The zero-order valence-electron chi connectivity index (χ0n) is 61.4. The molecule has 0 aromatic heterocycles. The lowest BCUT2D eigenvalue weighted by Gasteiger charge is -2.63. The van der Waals surface area contributed by atoms with E-state index < -0.39 is 0 Å². The molecule has 534 valence electrons. The van der Waals surface area contributed by atoms with Crippen LogP contribution in [0.25, 0.3) is 0 Å². The summed E-state index contributed by atoms with van der Waals surface area (Å²) in [6.45, 7) is 23.5. The maximum atomic E-state index is 12.4. The Hall–Kier alpha value is -1.27. The van der Waals surface area contributed by atoms with Gasteiger partial charge in [0.2, 0.25) is 0 Å². The first-order valence-electron chi connectivity index (χ1n) is 41.8. The number of rotatable bonds is 4. The molecule has 0 unspecified atom stereocenters. The number of ketones is 3. The van der Waals surface area contributed by atoms with E-state index in [1.54, 1.807) is 0 Å². The van der Waals surface area contributed by atoms with Crippen LogP contribution < -0.4 is 0 Å². The molecule has 3 aliphatic heterocycles. The lowest BCUT2D eigenvalue weighted by atomic mass is 9.43. The van der Waals surface area contributed by atoms with Gasteiger partial charge in [0.15, 0.2) is 11.6 Å². The van der Waals surface area contributed by atoms with Crippen molar-refractivity contribution in [1.82, 2.24) is 0 Å². The van der Waals surface area contributed by atoms with E-state index in [1.165, 1.54) is 154 Å². The summed E-state index contributed by atoms with van der Waals surface area (Å²) >= 11 is 0. The van der Waals surface area contributed by atoms with Gasteiger partial charge in [0.25, 0.3) is 0 Å². The molecule has 19 rings (SSSR count). The Morgan fingerprint density at radius 2 is 0.789 bits per heavy atom. The number of Topliss-reactive ketones (excluding diaryl/α,β-unsaturated/α-hetero) is 3. The Labute approximate surface area is 575 Å². The monoisotopic (exact) mass is 1310 g/mol. The fraction of sp³-hybridized carbons (Fsp3) is 0.965. The third kappa shape index (κ3) is 10.0. The first-order valence-corrected chi connectivity index (χ1v) is 41.8. The molecule has 16 aliphatic carbocycles. The Bertz CT molecular complexity index is 2850. The zero-order valence-corrected chi connectivity index (χ0v) is 61.4. The number of carbonyl (C=O) groups is 3. The SMILES string of the molecule is CC[C@]12CCC(=O)C[C@@H]1CC[C@@H]1[C@@H]2CC[C@]2(C)C(=O)CC[C@@H]12.CC[C@]12CCC3(C[C@@H]1CC[C@@H]1[C@@H]2CC[C@@]2(C)[C@H]1CCC21OCCO1)OCCO3.CC[C@]12CC[C@@H](O)C[C@@H]1CC[C@@H]1[C@@H]2CC[C@@]2(C)[C@H]1CC[C@@]21CO1.CC[C@]12CC[C@@H](O)C[C@@H]1CC[C@@H]1[C@@H]2CC[C@]2(C)C(=O)CC[C@@H]12. The summed E-state index contributed by atoms with van der Waals surface area (Å²) < 4.78 is 31.0. The normalized spacial score (nSPS) is 54.3. The molecule has 95 heavy (non-hydrogen) atoms. The van der Waals surface area contributed by atoms with Crippen molar-refractivity contribution in [2.24, 2.45) is 138 Å². The molecule has 19 aliphatic rings. The lowest BCUT2D eigenvalue weighted by Crippen LogP contribution is -2.59. The molecular weight excluding hydrogens is 1180 g/mol. The summed E-state index contributed by atoms with van der Waals surface area (Å²) in [5, 5.41) is 20.3. The molecule has 0 aromatic carbocycles. The summed E-state index contributed by atoms with van der Waals surface area (Å²) in [6, 6.07) is 0. The summed E-state index contributed by atoms with van der Waals surface area (Å²) in [6.07, 6.45) is 48.3. The molecule has 10 heteroatoms. The van der Waals surface area contributed by atoms with E-state index in [-0.39, 0.29) is 40.0 Å². The quantitative estimate of drug-likeness (QED) is 0.261. The minimum atomic E-state index is -0.263. The maximum absolute atomic E-state index is 12.4. The van der Waals surface area contributed by atoms with Crippen molar-refractivity contribution < 1.29 is 48.3 Å². The number of epoxide rings is 1. The van der Waals surface area contributed by atoms with Crippen LogP contribution in [-0.2, 0) is 38.1 Å². The highest BCUT2D eigenvalue weighted by Crippen LogP contribution is 2.75. The fourth-order valence-electron chi connectivity index (χ4n) is 32.6. The van der Waals surface area contributed by atoms with Crippen molar-refractivity contribution in [3.63, 3.8) is 0 Å². The summed E-state index contributed by atoms with van der Waals surface area (Å²) in [7, 11) is 0. The van der Waals surface area contributed by atoms with Gasteiger partial charge in [0.1, 0.15) is 17.3 Å². The summed E-state index contributed by atoms with van der Waals surface area (Å²) in [5.41, 5.74) is 2.97. The van der Waals surface area contributed by atoms with Crippen LogP contribution in [0.4, 0.5) is 0 Å². The molecule has 0 aromatic rings. The topological polar surface area (TPSA) is 141 Å². The van der Waals surface area contributed by atoms with E-state index in [0.29, 0.717) is 67.8 Å². The molecule has 19 fully saturated rings. The number of ether oxygens (including phenoxy) is 5. The van der Waals surface area contributed by atoms with Crippen molar-refractivity contribution in [3.05, 3.63) is 0 Å². The first kappa shape index (κ1) is 68.2. The van der Waals surface area contributed by atoms with Gasteiger partial charge in [-0.1, -0.05) is 55.4 Å². The first-order chi connectivity index (χ1) is 45.6. The van der Waals surface area contributed by atoms with Crippen LogP contribution in [0.5, 0.6) is 0 Å². The van der Waals surface area contributed by atoms with Crippen molar-refractivity contribution in [3.8, 4) is 0 Å². The number of hydrogen-bond donors (Lipinski definition) is 2. The Morgan fingerprint density at radius 1 is 0.368 bits per heavy atom. The molecule has 0 bridgehead atoms. The van der Waals surface area contributed by atoms with Crippen LogP contribution >= 0.6 is 0 Å². The molecule has 3 heterocycles. The van der Waals surface area contributed by atoms with Crippen LogP contribution in [-0.4, -0.2) is 90.0 Å². The van der Waals surface area contributed by atoms with Gasteiger partial charge >= 0.3 is 0 Å². The van der Waals surface area contributed by atoms with Gasteiger partial charge < -0.3 is 33.9 Å². The number of aliphatic hydroxyl groups is 2. The molecule has 3 spiro atoms. The van der Waals surface area contributed by atoms with Gasteiger partial charge in [0.05, 0.1) is 50.8 Å². The second kappa shape index (κ2) is 24.7. The molecule has 2 N–H and O–H groups in total. The number of hydrogen-bond acceptors (Lipinski definition) is 10. The Balaban J connectivity index is 0.000000100. The predicted molar refractivity (Wildman–Crippen MR) is 370 cm³/mol. The highest BCUT2D eigenvalue weighted by molar-refractivity contribution is 5.87. The van der Waals surface area contributed by atoms with Crippen LogP contribution in [0, 0.1) is 138 Å². The minimum absolute atomic E-state index is 0.00653. The third-order valence-corrected chi connectivity index (χ3v) is 37.7. The average Bonchev–Trinajstić information content (AvgIpc) is 1.59. The van der Waals surface area contributed by atoms with Crippen molar-refractivity contribution in [2.75, 3.05) is 33.0 Å². The van der Waals surface area contributed by atoms with Crippen molar-refractivity contribution in [2.45, 2.75) is 342 Å². The number of carbonyl (C=O) groups excluding carboxylic acids is 3. The van der Waals surface area contributed by atoms with E-state index in [9.17, 15) is 24.6 Å². The highest BCUT2D eigenvalue weighted by Gasteiger charge is 2.72. The number of fused-ring (bicyclic) bond motifs is 22. The number of aliphatic hydroxyl groups excluding tert-OH is 2. The van der Waals surface area contributed by atoms with E-state index in [0.717, 1.165) is 213 Å². The van der Waals surface area contributed by atoms with E-state index >= 15 is 0 Å². The second-order valence-electron chi connectivity index (χ2n) is 38.9. The molecule has 10 nitrogen and oxygen atoms in total. The Kier molecular flexibility index (Phi) is 17.7. The summed E-state index contributed by atoms with van der Waals surface area (Å²) in [5.74, 6) is 13.9. The highest BCUT2D eigenvalue weighted by atomic mass is 16.7. The second-order valence-corrected chi connectivity index (χ2v) is 38.9. The van der Waals surface area contributed by atoms with Gasteiger partial charge in [-0.2, -0.15) is 0 Å². The van der Waals surface area contributed by atoms with E-state index in [2.05, 4.69) is 55.4 Å². The van der Waals surface area contributed by atoms with Gasteiger partial charge in [-0.15, -0.1) is 0 Å². The smallest absolute Gasteiger partial charge is 0.174 e. The van der Waals surface area contributed by atoms with Gasteiger partial charge in [-0.25, -0.2) is 0 Å². The molecule has 3 saturated heterocycles. The predicted octanol–water partition coefficient (Wildman–Crippen LogP) is 18.4. The molecule has 0 amide bonds. The fourth-order valence-corrected chi connectivity index (χ4v) is 32.6. The molecule has 16 saturated carbocycles. The largest absolute Gasteiger partial charge is 0.393 e. The van der Waals surface area contributed by atoms with Crippen LogP contribution in [0.3, 0.4) is 0 Å². The van der Waals surface area contributed by atoms with Crippen molar-refractivity contribution in [1.29, 1.82) is 0 Å². The van der Waals surface area contributed by atoms with Gasteiger partial charge in [0, 0.05) is 66.6 Å². The van der Waals surface area contributed by atoms with E-state index in [1.807, 2.05) is 0 Å². The van der Waals surface area contributed by atoms with Crippen LogP contribution in [0.15, 0.2) is 0 Å². The summed E-state index contributed by atoms with van der Waals surface area (Å²) in [4.78, 5) is 36.9. The Morgan fingerprint density at radius 3 is 1.31 bits per heavy atom. The van der Waals surface area contributed by atoms with Crippen molar-refractivity contribution >= 4 is 17.3 Å². The standard InChI is InChI=1S/C24H38O4.C21H34O2.C20H32O2.C20H30O2/c1-3-22-10-11-23(25-12-13-26-23)16-17(22)4-5-18-19-7-9-24(27-14-15-28-24)21(19,2)8-6-20(18)22;1-3-20-10-6-15(22)12-14(20)4-5-16-17-8-11-21(13-23-21)19(17,2)9-7-18(16)20;2*1-3-20-11-8-14(21)12-13(20)4-5-15-16-6-7-18(22)19(16,2)10-9-17(15)20/h17-20H,3-16H2,1-2H3;14-18,22H,3-13H2,1-2H3;13-17,21H,3-12H2,1-2H3;13,15-17H,3-12H2,1-2H3/t17-,18-,19-,20-,21-,22-;14-,15+,16-,17-,18-,19-,20-,21+;13-,14+,15-,16-,17-,19-,20-;13-,15-,16-,17-,19-,20-/m0000/s1. The van der Waals surface area contributed by atoms with Gasteiger partial charge in [-0.05, 0) is 328 Å². The van der Waals surface area contributed by atoms with E-state index in [4.69, 9.17) is 23.7 Å².